The molecule has 0 aliphatic carbocycles. The van der Waals surface area contributed by atoms with E-state index in [9.17, 15) is 0 Å². The van der Waals surface area contributed by atoms with Crippen LogP contribution in [-0.2, 0) is 13.1 Å². The molecule has 0 bridgehead atoms. The van der Waals surface area contributed by atoms with Crippen LogP contribution >= 0.6 is 24.0 Å². The van der Waals surface area contributed by atoms with Crippen LogP contribution in [0.3, 0.4) is 0 Å². The van der Waals surface area contributed by atoms with E-state index in [1.165, 1.54) is 22.3 Å². The number of hydrogen-bond donors (Lipinski definition) is 2. The van der Waals surface area contributed by atoms with Crippen LogP contribution in [0.4, 0.5) is 0 Å². The van der Waals surface area contributed by atoms with Gasteiger partial charge < -0.3 is 15.5 Å². The van der Waals surface area contributed by atoms with Crippen molar-refractivity contribution in [2.24, 2.45) is 4.99 Å². The van der Waals surface area contributed by atoms with Gasteiger partial charge in [0.25, 0.3) is 0 Å². The van der Waals surface area contributed by atoms with Crippen molar-refractivity contribution >= 4 is 29.9 Å². The zero-order valence-electron chi connectivity index (χ0n) is 18.7. The molecular formula is C24H33IN6. The topological polar surface area (TPSA) is 57.5 Å². The Balaban J connectivity index is 0.00000341. The van der Waals surface area contributed by atoms with Crippen molar-refractivity contribution in [1.29, 1.82) is 0 Å². The Bertz CT molecular complexity index is 935. The first-order valence-corrected chi connectivity index (χ1v) is 10.3. The number of benzene rings is 2. The number of guanidine groups is 1. The van der Waals surface area contributed by atoms with Crippen LogP contribution < -0.4 is 10.6 Å². The highest BCUT2D eigenvalue weighted by molar-refractivity contribution is 14.0. The smallest absolute Gasteiger partial charge is 0.191 e. The van der Waals surface area contributed by atoms with Gasteiger partial charge in [0.05, 0.1) is 12.6 Å². The summed E-state index contributed by atoms with van der Waals surface area (Å²) < 4.78 is 1.94. The molecule has 2 aromatic carbocycles. The number of halogens is 1. The molecule has 0 saturated carbocycles. The first-order chi connectivity index (χ1) is 14.6. The molecule has 6 nitrogen and oxygen atoms in total. The van der Waals surface area contributed by atoms with Crippen LogP contribution in [0.25, 0.3) is 0 Å². The molecule has 0 spiro atoms. The van der Waals surface area contributed by atoms with Gasteiger partial charge in [-0.2, -0.15) is 5.10 Å². The van der Waals surface area contributed by atoms with Crippen LogP contribution in [0.1, 0.15) is 28.3 Å². The van der Waals surface area contributed by atoms with Crippen molar-refractivity contribution in [3.05, 3.63) is 89.2 Å². The molecule has 0 amide bonds. The van der Waals surface area contributed by atoms with E-state index >= 15 is 0 Å². The first-order valence-electron chi connectivity index (χ1n) is 10.3. The summed E-state index contributed by atoms with van der Waals surface area (Å²) in [4.78, 5) is 6.63. The van der Waals surface area contributed by atoms with E-state index in [1.807, 2.05) is 30.2 Å². The van der Waals surface area contributed by atoms with E-state index in [4.69, 9.17) is 0 Å². The van der Waals surface area contributed by atoms with Crippen LogP contribution in [0.2, 0.25) is 0 Å². The van der Waals surface area contributed by atoms with Crippen molar-refractivity contribution in [1.82, 2.24) is 25.3 Å². The highest BCUT2D eigenvalue weighted by Gasteiger charge is 2.14. The lowest BCUT2D eigenvalue weighted by molar-refractivity contribution is 0.298. The Morgan fingerprint density at radius 3 is 2.35 bits per heavy atom. The average molecular weight is 532 g/mol. The summed E-state index contributed by atoms with van der Waals surface area (Å²) >= 11 is 0. The average Bonchev–Trinajstić information content (AvgIpc) is 3.25. The SMILES string of the molecule is CN=C(NCc1ccccc1Cn1cccn1)NCC(c1ccc(C)cc1)N(C)C.I. The molecular weight excluding hydrogens is 499 g/mol. The Morgan fingerprint density at radius 2 is 1.74 bits per heavy atom. The third-order valence-electron chi connectivity index (χ3n) is 5.23. The van der Waals surface area contributed by atoms with Gasteiger partial charge in [0, 0.05) is 32.5 Å². The standard InChI is InChI=1S/C24H32N6.HI/c1-19-10-12-20(13-11-19)23(29(3)4)17-27-24(25-2)26-16-21-8-5-6-9-22(21)18-30-15-7-14-28-30;/h5-15,23H,16-18H2,1-4H3,(H2,25,26,27);1H. The molecule has 0 aliphatic heterocycles. The second kappa shape index (κ2) is 12.5. The number of nitrogens with zero attached hydrogens (tertiary/aromatic N) is 4. The third-order valence-corrected chi connectivity index (χ3v) is 5.23. The maximum atomic E-state index is 4.41. The second-order valence-corrected chi connectivity index (χ2v) is 7.67. The van der Waals surface area contributed by atoms with E-state index in [0.29, 0.717) is 6.54 Å². The Morgan fingerprint density at radius 1 is 1.03 bits per heavy atom. The molecule has 0 aliphatic rings. The summed E-state index contributed by atoms with van der Waals surface area (Å²) in [6, 6.07) is 19.4. The lowest BCUT2D eigenvalue weighted by atomic mass is 10.0. The minimum atomic E-state index is 0. The Hall–Kier alpha value is -2.39. The molecule has 7 heteroatoms. The molecule has 0 saturated heterocycles. The van der Waals surface area contributed by atoms with Crippen LogP contribution in [0.5, 0.6) is 0 Å². The Kier molecular flexibility index (Phi) is 10.00. The lowest BCUT2D eigenvalue weighted by Gasteiger charge is -2.26. The summed E-state index contributed by atoms with van der Waals surface area (Å²) in [7, 11) is 6.02. The van der Waals surface area contributed by atoms with Crippen LogP contribution in [-0.4, -0.2) is 48.3 Å². The number of aromatic nitrogens is 2. The molecule has 1 heterocycles. The summed E-state index contributed by atoms with van der Waals surface area (Å²) in [5.41, 5.74) is 5.04. The second-order valence-electron chi connectivity index (χ2n) is 7.67. The van der Waals surface area contributed by atoms with Crippen LogP contribution in [0, 0.1) is 6.92 Å². The van der Waals surface area contributed by atoms with E-state index in [0.717, 1.165) is 19.0 Å². The number of aliphatic imine (C=N–C) groups is 1. The first kappa shape index (κ1) is 24.9. The largest absolute Gasteiger partial charge is 0.354 e. The molecule has 3 rings (SSSR count). The van der Waals surface area contributed by atoms with E-state index in [-0.39, 0.29) is 30.0 Å². The predicted molar refractivity (Wildman–Crippen MR) is 139 cm³/mol. The van der Waals surface area contributed by atoms with Gasteiger partial charge in [-0.1, -0.05) is 54.1 Å². The van der Waals surface area contributed by atoms with Crippen LogP contribution in [0.15, 0.2) is 72.0 Å². The fraction of sp³-hybridized carbons (Fsp3) is 0.333. The van der Waals surface area contributed by atoms with E-state index in [1.54, 1.807) is 0 Å². The zero-order valence-corrected chi connectivity index (χ0v) is 21.1. The maximum absolute atomic E-state index is 4.41. The quantitative estimate of drug-likeness (QED) is 0.263. The molecule has 3 aromatic rings. The van der Waals surface area contributed by atoms with Crippen molar-refractivity contribution in [2.45, 2.75) is 26.1 Å². The summed E-state index contributed by atoms with van der Waals surface area (Å²) in [5, 5.41) is 11.2. The molecule has 1 unspecified atom stereocenters. The van der Waals surface area contributed by atoms with Gasteiger partial charge in [-0.05, 0) is 43.8 Å². The van der Waals surface area contributed by atoms with Gasteiger partial charge >= 0.3 is 0 Å². The minimum Gasteiger partial charge on any atom is -0.354 e. The fourth-order valence-electron chi connectivity index (χ4n) is 3.43. The highest BCUT2D eigenvalue weighted by atomic mass is 127. The zero-order chi connectivity index (χ0) is 21.3. The normalized spacial score (nSPS) is 12.4. The fourth-order valence-corrected chi connectivity index (χ4v) is 3.43. The van der Waals surface area contributed by atoms with Gasteiger partial charge in [0.15, 0.2) is 5.96 Å². The molecule has 2 N–H and O–H groups in total. The van der Waals surface area contributed by atoms with Crippen molar-refractivity contribution < 1.29 is 0 Å². The minimum absolute atomic E-state index is 0. The highest BCUT2D eigenvalue weighted by Crippen LogP contribution is 2.18. The third kappa shape index (κ3) is 7.36. The van der Waals surface area contributed by atoms with Crippen molar-refractivity contribution in [3.63, 3.8) is 0 Å². The molecule has 31 heavy (non-hydrogen) atoms. The number of rotatable bonds is 8. The Labute approximate surface area is 202 Å². The lowest BCUT2D eigenvalue weighted by Crippen LogP contribution is -2.41. The molecule has 166 valence electrons. The molecule has 0 fully saturated rings. The summed E-state index contributed by atoms with van der Waals surface area (Å²) in [6.07, 6.45) is 3.79. The maximum Gasteiger partial charge on any atom is 0.191 e. The van der Waals surface area contributed by atoms with Crippen molar-refractivity contribution in [3.8, 4) is 0 Å². The number of hydrogen-bond acceptors (Lipinski definition) is 3. The molecule has 1 atom stereocenters. The molecule has 1 aromatic heterocycles. The van der Waals surface area contributed by atoms with E-state index in [2.05, 4.69) is 95.2 Å². The molecule has 0 radical (unpaired) electrons. The predicted octanol–water partition coefficient (Wildman–Crippen LogP) is 3.83. The van der Waals surface area contributed by atoms with Gasteiger partial charge in [-0.3, -0.25) is 9.67 Å². The summed E-state index contributed by atoms with van der Waals surface area (Å²) in [6.45, 7) is 4.34. The van der Waals surface area contributed by atoms with Gasteiger partial charge in [-0.15, -0.1) is 24.0 Å². The van der Waals surface area contributed by atoms with Gasteiger partial charge in [-0.25, -0.2) is 0 Å². The monoisotopic (exact) mass is 532 g/mol. The summed E-state index contributed by atoms with van der Waals surface area (Å²) in [5.74, 6) is 0.794. The number of aryl methyl sites for hydroxylation is 1. The number of nitrogens with one attached hydrogen (secondary N) is 2. The van der Waals surface area contributed by atoms with Crippen molar-refractivity contribution in [2.75, 3.05) is 27.7 Å². The number of likely N-dealkylation sites (N-methyl/N-ethyl adjacent to an activating group) is 1. The van der Waals surface area contributed by atoms with E-state index < -0.39 is 0 Å². The van der Waals surface area contributed by atoms with Gasteiger partial charge in [0.1, 0.15) is 0 Å². The van der Waals surface area contributed by atoms with Gasteiger partial charge in [0.2, 0.25) is 0 Å².